The number of ether oxygens (including phenoxy) is 1. The average molecular weight is 374 g/mol. The van der Waals surface area contributed by atoms with Gasteiger partial charge < -0.3 is 15.4 Å². The summed E-state index contributed by atoms with van der Waals surface area (Å²) in [6, 6.07) is 9.92. The van der Waals surface area contributed by atoms with Crippen molar-refractivity contribution in [3.8, 4) is 0 Å². The minimum absolute atomic E-state index is 0.0532. The molecule has 1 atom stereocenters. The van der Waals surface area contributed by atoms with Gasteiger partial charge in [0.2, 0.25) is 0 Å². The van der Waals surface area contributed by atoms with Crippen molar-refractivity contribution in [2.75, 3.05) is 11.9 Å². The van der Waals surface area contributed by atoms with Gasteiger partial charge >= 0.3 is 5.97 Å². The van der Waals surface area contributed by atoms with E-state index in [1.54, 1.807) is 36.4 Å². The lowest BCUT2D eigenvalue weighted by atomic mass is 10.2. The first-order valence-corrected chi connectivity index (χ1v) is 9.29. The van der Waals surface area contributed by atoms with Crippen LogP contribution in [0.3, 0.4) is 0 Å². The molecule has 0 saturated carbocycles. The molecule has 0 aliphatic rings. The Kier molecular flexibility index (Phi) is 7.35. The zero-order valence-corrected chi connectivity index (χ0v) is 15.6. The number of rotatable bonds is 8. The lowest BCUT2D eigenvalue weighted by Crippen LogP contribution is -2.35. The molecule has 2 aromatic rings. The predicted octanol–water partition coefficient (Wildman–Crippen LogP) is 3.46. The fourth-order valence-corrected chi connectivity index (χ4v) is 2.95. The number of anilines is 1. The first kappa shape index (κ1) is 19.7. The van der Waals surface area contributed by atoms with Crippen LogP contribution < -0.4 is 10.6 Å². The molecule has 26 heavy (non-hydrogen) atoms. The Morgan fingerprint density at radius 1 is 1.15 bits per heavy atom. The second kappa shape index (κ2) is 9.72. The fourth-order valence-electron chi connectivity index (χ4n) is 2.33. The third-order valence-electron chi connectivity index (χ3n) is 3.59. The number of thiophene rings is 1. The van der Waals surface area contributed by atoms with Crippen molar-refractivity contribution in [2.24, 2.45) is 0 Å². The van der Waals surface area contributed by atoms with Crippen molar-refractivity contribution in [1.82, 2.24) is 5.32 Å². The van der Waals surface area contributed by atoms with Crippen molar-refractivity contribution < 1.29 is 19.1 Å². The summed E-state index contributed by atoms with van der Waals surface area (Å²) in [7, 11) is 0. The van der Waals surface area contributed by atoms with Crippen LogP contribution in [0.1, 0.15) is 46.7 Å². The van der Waals surface area contributed by atoms with Crippen LogP contribution in [0.15, 0.2) is 41.8 Å². The molecule has 0 unspecified atom stereocenters. The minimum atomic E-state index is -0.584. The Hall–Kier alpha value is -2.67. The predicted molar refractivity (Wildman–Crippen MR) is 102 cm³/mol. The molecule has 6 nitrogen and oxygen atoms in total. The molecule has 1 aromatic heterocycles. The number of carbonyl (C=O) groups is 3. The van der Waals surface area contributed by atoms with E-state index in [0.717, 1.165) is 12.8 Å². The largest absolute Gasteiger partial charge is 0.452 e. The molecular formula is C19H22N2O4S. The van der Waals surface area contributed by atoms with Crippen LogP contribution >= 0.6 is 11.3 Å². The van der Waals surface area contributed by atoms with Gasteiger partial charge in [-0.2, -0.15) is 0 Å². The number of nitrogens with one attached hydrogen (secondary N) is 2. The highest BCUT2D eigenvalue weighted by atomic mass is 32.1. The second-order valence-corrected chi connectivity index (χ2v) is 6.79. The summed E-state index contributed by atoms with van der Waals surface area (Å²) in [5, 5.41) is 7.35. The molecule has 1 aromatic carbocycles. The maximum absolute atomic E-state index is 12.0. The maximum atomic E-state index is 12.0. The first-order valence-electron chi connectivity index (χ1n) is 8.41. The SMILES string of the molecule is CCC[C@@H](C)NC(=O)COC(=O)c1ccc(NC(=O)c2cccs2)cc1. The summed E-state index contributed by atoms with van der Waals surface area (Å²) in [6.07, 6.45) is 1.84. The maximum Gasteiger partial charge on any atom is 0.338 e. The number of esters is 1. The second-order valence-electron chi connectivity index (χ2n) is 5.84. The van der Waals surface area contributed by atoms with Crippen molar-refractivity contribution in [3.05, 3.63) is 52.2 Å². The van der Waals surface area contributed by atoms with E-state index in [1.807, 2.05) is 19.2 Å². The van der Waals surface area contributed by atoms with Gasteiger partial charge in [-0.15, -0.1) is 11.3 Å². The summed E-state index contributed by atoms with van der Waals surface area (Å²) in [4.78, 5) is 36.3. The highest BCUT2D eigenvalue weighted by Crippen LogP contribution is 2.14. The molecule has 1 heterocycles. The molecule has 0 radical (unpaired) electrons. The number of amides is 2. The molecule has 0 saturated heterocycles. The van der Waals surface area contributed by atoms with E-state index in [4.69, 9.17) is 4.74 Å². The zero-order chi connectivity index (χ0) is 18.9. The fraction of sp³-hybridized carbons (Fsp3) is 0.316. The van der Waals surface area contributed by atoms with Gasteiger partial charge in [-0.1, -0.05) is 19.4 Å². The summed E-state index contributed by atoms with van der Waals surface area (Å²) < 4.78 is 5.01. The topological polar surface area (TPSA) is 84.5 Å². The zero-order valence-electron chi connectivity index (χ0n) is 14.8. The normalized spacial score (nSPS) is 11.5. The van der Waals surface area contributed by atoms with E-state index in [2.05, 4.69) is 10.6 Å². The van der Waals surface area contributed by atoms with Crippen molar-refractivity contribution in [1.29, 1.82) is 0 Å². The summed E-state index contributed by atoms with van der Waals surface area (Å²) in [6.45, 7) is 3.63. The van der Waals surface area contributed by atoms with Crippen LogP contribution in [0.25, 0.3) is 0 Å². The molecular weight excluding hydrogens is 352 g/mol. The highest BCUT2D eigenvalue weighted by molar-refractivity contribution is 7.12. The van der Waals surface area contributed by atoms with Gasteiger partial charge in [0.1, 0.15) is 0 Å². The molecule has 0 bridgehead atoms. The lowest BCUT2D eigenvalue weighted by Gasteiger charge is -2.12. The summed E-state index contributed by atoms with van der Waals surface area (Å²) in [5.41, 5.74) is 0.889. The van der Waals surface area contributed by atoms with E-state index in [9.17, 15) is 14.4 Å². The van der Waals surface area contributed by atoms with Crippen LogP contribution in [0.5, 0.6) is 0 Å². The van der Waals surface area contributed by atoms with Gasteiger partial charge in [-0.3, -0.25) is 9.59 Å². The standard InChI is InChI=1S/C19H22N2O4S/c1-3-5-13(2)20-17(22)12-25-19(24)14-7-9-15(10-8-14)21-18(23)16-6-4-11-26-16/h4,6-11,13H,3,5,12H2,1-2H3,(H,20,22)(H,21,23)/t13-/m1/s1. The third-order valence-corrected chi connectivity index (χ3v) is 4.46. The van der Waals surface area contributed by atoms with Crippen LogP contribution in [0, 0.1) is 0 Å². The first-order chi connectivity index (χ1) is 12.5. The van der Waals surface area contributed by atoms with Crippen molar-refractivity contribution >= 4 is 34.8 Å². The minimum Gasteiger partial charge on any atom is -0.452 e. The van der Waals surface area contributed by atoms with Gasteiger partial charge in [0.15, 0.2) is 6.61 Å². The Balaban J connectivity index is 1.82. The van der Waals surface area contributed by atoms with E-state index >= 15 is 0 Å². The monoisotopic (exact) mass is 374 g/mol. The molecule has 2 amide bonds. The Morgan fingerprint density at radius 3 is 2.50 bits per heavy atom. The number of benzene rings is 1. The van der Waals surface area contributed by atoms with Crippen LogP contribution in [0.4, 0.5) is 5.69 Å². The van der Waals surface area contributed by atoms with Crippen molar-refractivity contribution in [3.63, 3.8) is 0 Å². The molecule has 0 spiro atoms. The average Bonchev–Trinajstić information content (AvgIpc) is 3.15. The number of hydrogen-bond acceptors (Lipinski definition) is 5. The van der Waals surface area contributed by atoms with Crippen LogP contribution in [-0.4, -0.2) is 30.4 Å². The molecule has 7 heteroatoms. The smallest absolute Gasteiger partial charge is 0.338 e. The molecule has 2 N–H and O–H groups in total. The Labute approximate surface area is 156 Å². The van der Waals surface area contributed by atoms with E-state index in [0.29, 0.717) is 16.1 Å². The van der Waals surface area contributed by atoms with Crippen molar-refractivity contribution in [2.45, 2.75) is 32.7 Å². The van der Waals surface area contributed by atoms with Gasteiger partial charge in [0.05, 0.1) is 10.4 Å². The third kappa shape index (κ3) is 6.00. The summed E-state index contributed by atoms with van der Waals surface area (Å²) in [5.74, 6) is -1.10. The van der Waals surface area contributed by atoms with Gasteiger partial charge in [0, 0.05) is 11.7 Å². The molecule has 0 aliphatic carbocycles. The van der Waals surface area contributed by atoms with Crippen LogP contribution in [0.2, 0.25) is 0 Å². The van der Waals surface area contributed by atoms with Gasteiger partial charge in [0.25, 0.3) is 11.8 Å². The quantitative estimate of drug-likeness (QED) is 0.693. The summed E-state index contributed by atoms with van der Waals surface area (Å²) >= 11 is 1.35. The molecule has 2 rings (SSSR count). The van der Waals surface area contributed by atoms with E-state index in [1.165, 1.54) is 11.3 Å². The van der Waals surface area contributed by atoms with Gasteiger partial charge in [-0.05, 0) is 49.1 Å². The number of carbonyl (C=O) groups excluding carboxylic acids is 3. The van der Waals surface area contributed by atoms with Gasteiger partial charge in [-0.25, -0.2) is 4.79 Å². The Bertz CT molecular complexity index is 741. The molecule has 138 valence electrons. The molecule has 0 aliphatic heterocycles. The van der Waals surface area contributed by atoms with E-state index < -0.39 is 5.97 Å². The number of hydrogen-bond donors (Lipinski definition) is 2. The molecule has 0 fully saturated rings. The lowest BCUT2D eigenvalue weighted by molar-refractivity contribution is -0.124. The van der Waals surface area contributed by atoms with E-state index in [-0.39, 0.29) is 24.5 Å². The highest BCUT2D eigenvalue weighted by Gasteiger charge is 2.12. The Morgan fingerprint density at radius 2 is 1.88 bits per heavy atom. The van der Waals surface area contributed by atoms with Crippen LogP contribution in [-0.2, 0) is 9.53 Å².